The summed E-state index contributed by atoms with van der Waals surface area (Å²) in [6.07, 6.45) is -1.04. The SMILES string of the molecule is CCCCCCC(=O)N(C)[C@H]1C(O)O[C@H](CO)[C@@H](O)[C@@H]1O. The Morgan fingerprint density at radius 1 is 1.14 bits per heavy atom. The molecule has 124 valence electrons. The molecule has 1 amide bonds. The Labute approximate surface area is 125 Å². The van der Waals surface area contributed by atoms with Gasteiger partial charge in [-0.05, 0) is 6.42 Å². The zero-order valence-corrected chi connectivity index (χ0v) is 12.7. The van der Waals surface area contributed by atoms with E-state index in [2.05, 4.69) is 6.92 Å². The molecular weight excluding hydrogens is 278 g/mol. The van der Waals surface area contributed by atoms with E-state index in [1.807, 2.05) is 0 Å². The van der Waals surface area contributed by atoms with Gasteiger partial charge < -0.3 is 30.1 Å². The Bertz CT molecular complexity index is 327. The van der Waals surface area contributed by atoms with Crippen LogP contribution in [0.25, 0.3) is 0 Å². The molecular formula is C14H27NO6. The molecule has 7 heteroatoms. The van der Waals surface area contributed by atoms with Gasteiger partial charge in [0.2, 0.25) is 5.91 Å². The molecule has 1 fully saturated rings. The summed E-state index contributed by atoms with van der Waals surface area (Å²) >= 11 is 0. The molecule has 1 rings (SSSR count). The number of hydrogen-bond acceptors (Lipinski definition) is 6. The smallest absolute Gasteiger partial charge is 0.222 e. The van der Waals surface area contributed by atoms with Gasteiger partial charge in [-0.3, -0.25) is 4.79 Å². The number of likely N-dealkylation sites (N-methyl/N-ethyl adjacent to an activating group) is 1. The minimum absolute atomic E-state index is 0.215. The van der Waals surface area contributed by atoms with Crippen LogP contribution < -0.4 is 0 Å². The van der Waals surface area contributed by atoms with Crippen molar-refractivity contribution in [3.8, 4) is 0 Å². The Morgan fingerprint density at radius 3 is 2.38 bits per heavy atom. The van der Waals surface area contributed by atoms with E-state index >= 15 is 0 Å². The van der Waals surface area contributed by atoms with Gasteiger partial charge in [0.25, 0.3) is 0 Å². The van der Waals surface area contributed by atoms with Crippen LogP contribution in [0, 0.1) is 0 Å². The maximum atomic E-state index is 12.1. The predicted molar refractivity (Wildman–Crippen MR) is 75.3 cm³/mol. The third kappa shape index (κ3) is 4.62. The molecule has 0 spiro atoms. The maximum absolute atomic E-state index is 12.1. The zero-order chi connectivity index (χ0) is 16.0. The molecule has 0 saturated carbocycles. The number of unbranched alkanes of at least 4 members (excludes halogenated alkanes) is 3. The number of carbonyl (C=O) groups excluding carboxylic acids is 1. The van der Waals surface area contributed by atoms with Crippen LogP contribution in [0.4, 0.5) is 0 Å². The minimum Gasteiger partial charge on any atom is -0.394 e. The highest BCUT2D eigenvalue weighted by molar-refractivity contribution is 5.76. The van der Waals surface area contributed by atoms with Crippen LogP contribution >= 0.6 is 0 Å². The highest BCUT2D eigenvalue weighted by atomic mass is 16.6. The fraction of sp³-hybridized carbons (Fsp3) is 0.929. The van der Waals surface area contributed by atoms with Crippen molar-refractivity contribution in [2.45, 2.75) is 69.7 Å². The summed E-state index contributed by atoms with van der Waals surface area (Å²) in [6.45, 7) is 1.57. The second-order valence-corrected chi connectivity index (χ2v) is 5.53. The molecule has 21 heavy (non-hydrogen) atoms. The first-order chi connectivity index (χ1) is 9.93. The van der Waals surface area contributed by atoms with Crippen molar-refractivity contribution in [2.24, 2.45) is 0 Å². The molecule has 1 saturated heterocycles. The highest BCUT2D eigenvalue weighted by Gasteiger charge is 2.46. The second kappa shape index (κ2) is 8.65. The Balaban J connectivity index is 2.59. The van der Waals surface area contributed by atoms with E-state index in [0.717, 1.165) is 25.7 Å². The van der Waals surface area contributed by atoms with Gasteiger partial charge in [-0.25, -0.2) is 0 Å². The maximum Gasteiger partial charge on any atom is 0.222 e. The highest BCUT2D eigenvalue weighted by Crippen LogP contribution is 2.24. The van der Waals surface area contributed by atoms with Gasteiger partial charge in [0, 0.05) is 13.5 Å². The molecule has 4 N–H and O–H groups in total. The number of rotatable bonds is 7. The van der Waals surface area contributed by atoms with Crippen molar-refractivity contribution in [2.75, 3.05) is 13.7 Å². The summed E-state index contributed by atoms with van der Waals surface area (Å²) in [5.41, 5.74) is 0. The van der Waals surface area contributed by atoms with Crippen LogP contribution in [0.1, 0.15) is 39.0 Å². The van der Waals surface area contributed by atoms with E-state index in [1.165, 1.54) is 11.9 Å². The second-order valence-electron chi connectivity index (χ2n) is 5.53. The van der Waals surface area contributed by atoms with Crippen LogP contribution in [0.5, 0.6) is 0 Å². The summed E-state index contributed by atoms with van der Waals surface area (Å²) in [7, 11) is 1.47. The third-order valence-electron chi connectivity index (χ3n) is 3.95. The number of carbonyl (C=O) groups is 1. The molecule has 5 atom stereocenters. The lowest BCUT2D eigenvalue weighted by molar-refractivity contribution is -0.268. The molecule has 0 radical (unpaired) electrons. The van der Waals surface area contributed by atoms with Crippen LogP contribution in [0.3, 0.4) is 0 Å². The number of ether oxygens (including phenoxy) is 1. The third-order valence-corrected chi connectivity index (χ3v) is 3.95. The predicted octanol–water partition coefficient (Wildman–Crippen LogP) is -0.785. The zero-order valence-electron chi connectivity index (χ0n) is 12.7. The van der Waals surface area contributed by atoms with Crippen molar-refractivity contribution in [1.82, 2.24) is 4.90 Å². The fourth-order valence-electron chi connectivity index (χ4n) is 2.55. The van der Waals surface area contributed by atoms with Gasteiger partial charge in [-0.2, -0.15) is 0 Å². The minimum atomic E-state index is -1.44. The van der Waals surface area contributed by atoms with Crippen molar-refractivity contribution in [3.63, 3.8) is 0 Å². The van der Waals surface area contributed by atoms with Gasteiger partial charge in [0.05, 0.1) is 6.61 Å². The van der Waals surface area contributed by atoms with Crippen molar-refractivity contribution in [3.05, 3.63) is 0 Å². The van der Waals surface area contributed by atoms with Crippen LogP contribution in [-0.2, 0) is 9.53 Å². The molecule has 0 aromatic rings. The van der Waals surface area contributed by atoms with Gasteiger partial charge in [-0.1, -0.05) is 26.2 Å². The monoisotopic (exact) mass is 305 g/mol. The van der Waals surface area contributed by atoms with Crippen LogP contribution in [-0.4, -0.2) is 75.5 Å². The Kier molecular flexibility index (Phi) is 7.55. The summed E-state index contributed by atoms with van der Waals surface area (Å²) in [6, 6.07) is -1.04. The van der Waals surface area contributed by atoms with Crippen LogP contribution in [0.2, 0.25) is 0 Å². The fourth-order valence-corrected chi connectivity index (χ4v) is 2.55. The van der Waals surface area contributed by atoms with E-state index in [-0.39, 0.29) is 5.91 Å². The van der Waals surface area contributed by atoms with Gasteiger partial charge in [0.1, 0.15) is 24.4 Å². The molecule has 0 aromatic carbocycles. The summed E-state index contributed by atoms with van der Waals surface area (Å²) in [5.74, 6) is -0.215. The van der Waals surface area contributed by atoms with E-state index in [1.54, 1.807) is 0 Å². The normalized spacial score (nSPS) is 33.0. The van der Waals surface area contributed by atoms with Crippen molar-refractivity contribution in [1.29, 1.82) is 0 Å². The first kappa shape index (κ1) is 18.3. The topological polar surface area (TPSA) is 110 Å². The largest absolute Gasteiger partial charge is 0.394 e. The quantitative estimate of drug-likeness (QED) is 0.459. The first-order valence-corrected chi connectivity index (χ1v) is 7.50. The number of nitrogens with zero attached hydrogens (tertiary/aromatic N) is 1. The molecule has 1 aliphatic rings. The van der Waals surface area contributed by atoms with Crippen molar-refractivity contribution >= 4 is 5.91 Å². The molecule has 1 unspecified atom stereocenters. The lowest BCUT2D eigenvalue weighted by Crippen LogP contribution is -2.64. The molecule has 7 nitrogen and oxygen atoms in total. The first-order valence-electron chi connectivity index (χ1n) is 7.50. The molecule has 0 bridgehead atoms. The van der Waals surface area contributed by atoms with E-state index in [4.69, 9.17) is 9.84 Å². The van der Waals surface area contributed by atoms with Crippen molar-refractivity contribution < 1.29 is 30.0 Å². The number of hydrogen-bond donors (Lipinski definition) is 4. The molecule has 0 aliphatic carbocycles. The van der Waals surface area contributed by atoms with E-state index < -0.39 is 37.3 Å². The van der Waals surface area contributed by atoms with E-state index in [9.17, 15) is 20.1 Å². The number of amides is 1. The molecule has 1 aliphatic heterocycles. The Hall–Kier alpha value is -0.730. The average molecular weight is 305 g/mol. The lowest BCUT2D eigenvalue weighted by atomic mass is 9.95. The van der Waals surface area contributed by atoms with Gasteiger partial charge in [0.15, 0.2) is 6.29 Å². The van der Waals surface area contributed by atoms with E-state index in [0.29, 0.717) is 6.42 Å². The molecule has 1 heterocycles. The van der Waals surface area contributed by atoms with Gasteiger partial charge >= 0.3 is 0 Å². The summed E-state index contributed by atoms with van der Waals surface area (Å²) in [4.78, 5) is 13.3. The van der Waals surface area contributed by atoms with Gasteiger partial charge in [-0.15, -0.1) is 0 Å². The Morgan fingerprint density at radius 2 is 1.81 bits per heavy atom. The lowest BCUT2D eigenvalue weighted by Gasteiger charge is -2.43. The number of aliphatic hydroxyl groups is 4. The summed E-state index contributed by atoms with van der Waals surface area (Å²) < 4.78 is 5.05. The standard InChI is InChI=1S/C14H27NO6/c1-3-4-5-6-7-10(17)15(2)11-13(19)12(18)9(8-16)21-14(11)20/h9,11-14,16,18-20H,3-8H2,1-2H3/t9-,11-,12-,13-,14?/m1/s1. The summed E-state index contributed by atoms with van der Waals surface area (Å²) in [5, 5.41) is 38.8. The number of aliphatic hydroxyl groups excluding tert-OH is 4. The molecule has 0 aromatic heterocycles. The average Bonchev–Trinajstić information content (AvgIpc) is 2.47. The van der Waals surface area contributed by atoms with Crippen LogP contribution in [0.15, 0.2) is 0 Å².